The van der Waals surface area contributed by atoms with Crippen LogP contribution < -0.4 is 0 Å². The molecule has 7 heteroatoms. The Morgan fingerprint density at radius 1 is 1.50 bits per heavy atom. The second-order valence-electron chi connectivity index (χ2n) is 4.50. The molecule has 1 aromatic carbocycles. The van der Waals surface area contributed by atoms with E-state index < -0.39 is 29.3 Å². The van der Waals surface area contributed by atoms with Crippen LogP contribution in [0.15, 0.2) is 18.2 Å². The molecule has 0 radical (unpaired) electrons. The molecule has 2 rings (SSSR count). The van der Waals surface area contributed by atoms with Gasteiger partial charge < -0.3 is 4.74 Å². The van der Waals surface area contributed by atoms with Gasteiger partial charge >= 0.3 is 12.1 Å². The number of esters is 1. The SMILES string of the molecule is COC(=O)c1ccc(C(F)(F)F)cc1[C@]1(C#N)C[C@@H]1F. The molecule has 0 saturated heterocycles. The predicted octanol–water partition coefficient (Wildman–Crippen LogP) is 3.00. The zero-order chi connectivity index (χ0) is 15.1. The van der Waals surface area contributed by atoms with Gasteiger partial charge in [-0.05, 0) is 23.8 Å². The zero-order valence-corrected chi connectivity index (χ0v) is 10.3. The lowest BCUT2D eigenvalue weighted by Crippen LogP contribution is -2.17. The topological polar surface area (TPSA) is 50.1 Å². The van der Waals surface area contributed by atoms with Crippen LogP contribution in [0.1, 0.15) is 27.9 Å². The van der Waals surface area contributed by atoms with Crippen molar-refractivity contribution < 1.29 is 27.1 Å². The molecule has 0 unspecified atom stereocenters. The molecule has 0 aromatic heterocycles. The van der Waals surface area contributed by atoms with Crippen molar-refractivity contribution in [2.75, 3.05) is 7.11 Å². The highest BCUT2D eigenvalue weighted by Crippen LogP contribution is 2.52. The molecular formula is C13H9F4NO2. The summed E-state index contributed by atoms with van der Waals surface area (Å²) < 4.78 is 56.0. The number of hydrogen-bond donors (Lipinski definition) is 0. The average molecular weight is 287 g/mol. The third-order valence-corrected chi connectivity index (χ3v) is 3.31. The van der Waals surface area contributed by atoms with Crippen LogP contribution in [0.25, 0.3) is 0 Å². The quantitative estimate of drug-likeness (QED) is 0.620. The summed E-state index contributed by atoms with van der Waals surface area (Å²) in [6.07, 6.45) is -6.45. The molecule has 0 bridgehead atoms. The van der Waals surface area contributed by atoms with Gasteiger partial charge in [0.05, 0.1) is 24.3 Å². The lowest BCUT2D eigenvalue weighted by atomic mass is 9.90. The molecule has 1 aromatic rings. The van der Waals surface area contributed by atoms with Crippen LogP contribution in [-0.2, 0) is 16.3 Å². The van der Waals surface area contributed by atoms with Gasteiger partial charge in [-0.1, -0.05) is 0 Å². The molecule has 0 aliphatic heterocycles. The highest BCUT2D eigenvalue weighted by atomic mass is 19.4. The van der Waals surface area contributed by atoms with Gasteiger partial charge in [-0.2, -0.15) is 18.4 Å². The highest BCUT2D eigenvalue weighted by Gasteiger charge is 2.59. The van der Waals surface area contributed by atoms with E-state index in [9.17, 15) is 22.4 Å². The van der Waals surface area contributed by atoms with Crippen LogP contribution in [0.5, 0.6) is 0 Å². The van der Waals surface area contributed by atoms with Crippen molar-refractivity contribution in [1.29, 1.82) is 5.26 Å². The molecule has 1 aliphatic carbocycles. The molecule has 1 aliphatic rings. The maximum atomic E-state index is 13.4. The van der Waals surface area contributed by atoms with Crippen molar-refractivity contribution >= 4 is 5.97 Å². The van der Waals surface area contributed by atoms with Gasteiger partial charge in [0.2, 0.25) is 0 Å². The number of nitrogens with zero attached hydrogens (tertiary/aromatic N) is 1. The van der Waals surface area contributed by atoms with Crippen molar-refractivity contribution in [3.8, 4) is 6.07 Å². The van der Waals surface area contributed by atoms with Gasteiger partial charge in [0.15, 0.2) is 0 Å². The van der Waals surface area contributed by atoms with Crippen molar-refractivity contribution in [1.82, 2.24) is 0 Å². The van der Waals surface area contributed by atoms with E-state index in [0.29, 0.717) is 12.1 Å². The summed E-state index contributed by atoms with van der Waals surface area (Å²) in [5, 5.41) is 9.03. The van der Waals surface area contributed by atoms with Crippen molar-refractivity contribution in [3.05, 3.63) is 34.9 Å². The monoisotopic (exact) mass is 287 g/mol. The molecule has 0 spiro atoms. The number of carbonyl (C=O) groups excluding carboxylic acids is 1. The fraction of sp³-hybridized carbons (Fsp3) is 0.385. The number of rotatable bonds is 2. The van der Waals surface area contributed by atoms with Crippen LogP contribution in [0.3, 0.4) is 0 Å². The average Bonchev–Trinajstić information content (AvgIpc) is 3.08. The van der Waals surface area contributed by atoms with Crippen LogP contribution in [0.2, 0.25) is 0 Å². The van der Waals surface area contributed by atoms with E-state index in [1.54, 1.807) is 6.07 Å². The molecular weight excluding hydrogens is 278 g/mol. The summed E-state index contributed by atoms with van der Waals surface area (Å²) in [5.41, 5.74) is -3.21. The summed E-state index contributed by atoms with van der Waals surface area (Å²) in [5.74, 6) is -0.901. The van der Waals surface area contributed by atoms with Gasteiger partial charge in [-0.15, -0.1) is 0 Å². The number of ether oxygens (including phenoxy) is 1. The first kappa shape index (κ1) is 14.3. The standard InChI is InChI=1S/C13H9F4NO2/c1-20-11(19)8-3-2-7(13(15,16)17)4-9(8)12(6-18)5-10(12)14/h2-4,10H,5H2,1H3/t10-,12+/m0/s1. The number of benzene rings is 1. The summed E-state index contributed by atoms with van der Waals surface area (Å²) in [4.78, 5) is 11.6. The number of halogens is 4. The Hall–Kier alpha value is -2.10. The zero-order valence-electron chi connectivity index (χ0n) is 10.3. The minimum Gasteiger partial charge on any atom is -0.465 e. The Morgan fingerprint density at radius 2 is 2.10 bits per heavy atom. The normalized spacial score (nSPS) is 24.9. The minimum absolute atomic E-state index is 0.220. The summed E-state index contributed by atoms with van der Waals surface area (Å²) in [7, 11) is 1.06. The molecule has 2 atom stereocenters. The van der Waals surface area contributed by atoms with E-state index in [4.69, 9.17) is 5.26 Å². The first-order valence-corrected chi connectivity index (χ1v) is 5.61. The summed E-state index contributed by atoms with van der Waals surface area (Å²) in [6.45, 7) is 0. The molecule has 1 fully saturated rings. The van der Waals surface area contributed by atoms with E-state index in [1.807, 2.05) is 0 Å². The molecule has 3 nitrogen and oxygen atoms in total. The molecule has 0 amide bonds. The smallest absolute Gasteiger partial charge is 0.416 e. The van der Waals surface area contributed by atoms with Gasteiger partial charge in [0.1, 0.15) is 11.6 Å². The lowest BCUT2D eigenvalue weighted by Gasteiger charge is -2.15. The van der Waals surface area contributed by atoms with Crippen LogP contribution in [0, 0.1) is 11.3 Å². The first-order chi connectivity index (χ1) is 9.26. The van der Waals surface area contributed by atoms with Crippen LogP contribution >= 0.6 is 0 Å². The van der Waals surface area contributed by atoms with Crippen molar-refractivity contribution in [2.45, 2.75) is 24.2 Å². The number of methoxy groups -OCH3 is 1. The largest absolute Gasteiger partial charge is 0.465 e. The van der Waals surface area contributed by atoms with E-state index in [-0.39, 0.29) is 17.5 Å². The van der Waals surface area contributed by atoms with Gasteiger partial charge in [-0.25, -0.2) is 9.18 Å². The van der Waals surface area contributed by atoms with Gasteiger partial charge in [0, 0.05) is 6.42 Å². The van der Waals surface area contributed by atoms with Crippen molar-refractivity contribution in [2.24, 2.45) is 0 Å². The number of carbonyl (C=O) groups is 1. The summed E-state index contributed by atoms with van der Waals surface area (Å²) >= 11 is 0. The number of alkyl halides is 4. The van der Waals surface area contributed by atoms with E-state index in [0.717, 1.165) is 13.2 Å². The third kappa shape index (κ3) is 2.11. The Morgan fingerprint density at radius 3 is 2.50 bits per heavy atom. The second kappa shape index (κ2) is 4.47. The van der Waals surface area contributed by atoms with Crippen molar-refractivity contribution in [3.63, 3.8) is 0 Å². The fourth-order valence-electron chi connectivity index (χ4n) is 2.06. The third-order valence-electron chi connectivity index (χ3n) is 3.31. The number of nitriles is 1. The maximum absolute atomic E-state index is 13.4. The van der Waals surface area contributed by atoms with Crippen LogP contribution in [-0.4, -0.2) is 19.3 Å². The predicted molar refractivity (Wildman–Crippen MR) is 59.6 cm³/mol. The first-order valence-electron chi connectivity index (χ1n) is 5.61. The Balaban J connectivity index is 2.62. The molecule has 106 valence electrons. The van der Waals surface area contributed by atoms with E-state index in [1.165, 1.54) is 0 Å². The van der Waals surface area contributed by atoms with E-state index in [2.05, 4.69) is 4.74 Å². The van der Waals surface area contributed by atoms with Gasteiger partial charge in [0.25, 0.3) is 0 Å². The lowest BCUT2D eigenvalue weighted by molar-refractivity contribution is -0.137. The molecule has 1 saturated carbocycles. The number of hydrogen-bond acceptors (Lipinski definition) is 3. The maximum Gasteiger partial charge on any atom is 0.416 e. The Bertz CT molecular complexity index is 605. The fourth-order valence-corrected chi connectivity index (χ4v) is 2.06. The highest BCUT2D eigenvalue weighted by molar-refractivity contribution is 5.92. The minimum atomic E-state index is -4.64. The van der Waals surface area contributed by atoms with E-state index >= 15 is 0 Å². The Labute approximate surface area is 111 Å². The summed E-state index contributed by atoms with van der Waals surface area (Å²) in [6, 6.07) is 3.93. The molecule has 0 N–H and O–H groups in total. The molecule has 0 heterocycles. The Kier molecular flexibility index (Phi) is 3.20. The van der Waals surface area contributed by atoms with Gasteiger partial charge in [-0.3, -0.25) is 0 Å². The van der Waals surface area contributed by atoms with Crippen LogP contribution in [0.4, 0.5) is 17.6 Å². The second-order valence-corrected chi connectivity index (χ2v) is 4.50. The molecule has 20 heavy (non-hydrogen) atoms.